The van der Waals surface area contributed by atoms with Gasteiger partial charge in [0.15, 0.2) is 0 Å². The lowest BCUT2D eigenvalue weighted by Gasteiger charge is -2.09. The van der Waals surface area contributed by atoms with E-state index in [1.165, 1.54) is 0 Å². The Kier molecular flexibility index (Phi) is 3.56. The molecule has 0 saturated heterocycles. The molecule has 17 heavy (non-hydrogen) atoms. The van der Waals surface area contributed by atoms with Crippen LogP contribution in [0.4, 0.5) is 0 Å². The predicted molar refractivity (Wildman–Crippen MR) is 74.6 cm³/mol. The molecule has 2 aromatic rings. The summed E-state index contributed by atoms with van der Waals surface area (Å²) in [5, 5.41) is 11.0. The number of hydrogen-bond acceptors (Lipinski definition) is 1. The molecule has 0 fully saturated rings. The summed E-state index contributed by atoms with van der Waals surface area (Å²) in [6.45, 7) is 3.36. The molecular formula is C14H14BClO. The van der Waals surface area contributed by atoms with Gasteiger partial charge in [0.25, 0.3) is 0 Å². The Hall–Kier alpha value is -1.25. The molecule has 0 spiro atoms. The van der Waals surface area contributed by atoms with Gasteiger partial charge in [-0.2, -0.15) is 0 Å². The average Bonchev–Trinajstić information content (AvgIpc) is 2.32. The van der Waals surface area contributed by atoms with Crippen LogP contribution in [0.25, 0.3) is 0 Å². The van der Waals surface area contributed by atoms with Gasteiger partial charge >= 0.3 is 6.92 Å². The highest BCUT2D eigenvalue weighted by Gasteiger charge is 2.17. The first kappa shape index (κ1) is 12.2. The van der Waals surface area contributed by atoms with E-state index in [-0.39, 0.29) is 0 Å². The van der Waals surface area contributed by atoms with E-state index in [2.05, 4.69) is 0 Å². The maximum Gasteiger partial charge on any atom is 0.358 e. The molecule has 0 atom stereocenters. The topological polar surface area (TPSA) is 20.2 Å². The van der Waals surface area contributed by atoms with Crippen molar-refractivity contribution < 1.29 is 5.02 Å². The zero-order valence-corrected chi connectivity index (χ0v) is 10.7. The Morgan fingerprint density at radius 3 is 2.35 bits per heavy atom. The molecule has 0 aliphatic rings. The molecule has 0 unspecified atom stereocenters. The second-order valence-electron chi connectivity index (χ2n) is 4.33. The van der Waals surface area contributed by atoms with Crippen LogP contribution in [-0.2, 0) is 0 Å². The summed E-state index contributed by atoms with van der Waals surface area (Å²) < 4.78 is 0. The second kappa shape index (κ2) is 4.95. The van der Waals surface area contributed by atoms with E-state index in [9.17, 15) is 5.02 Å². The number of rotatable bonds is 2. The molecule has 0 saturated carbocycles. The van der Waals surface area contributed by atoms with Crippen molar-refractivity contribution >= 4 is 29.4 Å². The van der Waals surface area contributed by atoms with Crippen LogP contribution in [-0.4, -0.2) is 11.9 Å². The lowest BCUT2D eigenvalue weighted by atomic mass is 9.55. The van der Waals surface area contributed by atoms with E-state index < -0.39 is 6.92 Å². The van der Waals surface area contributed by atoms with Crippen molar-refractivity contribution in [2.24, 2.45) is 0 Å². The summed E-state index contributed by atoms with van der Waals surface area (Å²) in [5.74, 6) is 0. The Labute approximate surface area is 107 Å². The molecule has 0 heterocycles. The van der Waals surface area contributed by atoms with Gasteiger partial charge in [-0.1, -0.05) is 53.6 Å². The number of benzene rings is 2. The lowest BCUT2D eigenvalue weighted by Crippen LogP contribution is -2.42. The van der Waals surface area contributed by atoms with Crippen molar-refractivity contribution in [3.8, 4) is 0 Å². The summed E-state index contributed by atoms with van der Waals surface area (Å²) in [5.41, 5.74) is 3.91. The maximum absolute atomic E-state index is 10.3. The van der Waals surface area contributed by atoms with Gasteiger partial charge in [0.05, 0.1) is 0 Å². The van der Waals surface area contributed by atoms with Crippen LogP contribution in [0.5, 0.6) is 0 Å². The van der Waals surface area contributed by atoms with E-state index >= 15 is 0 Å². The summed E-state index contributed by atoms with van der Waals surface area (Å²) in [7, 11) is 0. The van der Waals surface area contributed by atoms with Crippen LogP contribution < -0.4 is 10.9 Å². The number of halogens is 1. The van der Waals surface area contributed by atoms with Gasteiger partial charge in [-0.05, 0) is 36.4 Å². The Morgan fingerprint density at radius 2 is 1.71 bits per heavy atom. The largest absolute Gasteiger partial charge is 0.443 e. The van der Waals surface area contributed by atoms with Crippen LogP contribution in [0.3, 0.4) is 0 Å². The Bertz CT molecular complexity index is 539. The molecule has 1 N–H and O–H groups in total. The molecule has 0 bridgehead atoms. The average molecular weight is 245 g/mol. The Morgan fingerprint density at radius 1 is 1.00 bits per heavy atom. The third kappa shape index (κ3) is 2.71. The third-order valence-corrected chi connectivity index (χ3v) is 3.28. The monoisotopic (exact) mass is 244 g/mol. The molecule has 0 amide bonds. The smallest absolute Gasteiger partial charge is 0.358 e. The third-order valence-electron chi connectivity index (χ3n) is 2.86. The van der Waals surface area contributed by atoms with Crippen LogP contribution >= 0.6 is 11.6 Å². The molecule has 0 aromatic heterocycles. The fourth-order valence-electron chi connectivity index (χ4n) is 1.87. The second-order valence-corrected chi connectivity index (χ2v) is 4.73. The summed E-state index contributed by atoms with van der Waals surface area (Å²) >= 11 is 5.97. The van der Waals surface area contributed by atoms with Crippen LogP contribution in [0.2, 0.25) is 5.02 Å². The fraction of sp³-hybridized carbons (Fsp3) is 0.143. The van der Waals surface area contributed by atoms with Crippen LogP contribution in [0, 0.1) is 13.8 Å². The minimum absolute atomic E-state index is 0.592. The Balaban J connectivity index is 2.36. The van der Waals surface area contributed by atoms with Gasteiger partial charge in [0.1, 0.15) is 0 Å². The predicted octanol–water partition coefficient (Wildman–Crippen LogP) is 2.05. The van der Waals surface area contributed by atoms with E-state index in [0.717, 1.165) is 27.1 Å². The molecule has 86 valence electrons. The van der Waals surface area contributed by atoms with Gasteiger partial charge in [0.2, 0.25) is 0 Å². The number of hydrogen-bond donors (Lipinski definition) is 1. The summed E-state index contributed by atoms with van der Waals surface area (Å²) in [4.78, 5) is 0. The van der Waals surface area contributed by atoms with Crippen molar-refractivity contribution in [3.05, 3.63) is 58.6 Å². The van der Waals surface area contributed by atoms with Crippen LogP contribution in [0.15, 0.2) is 42.5 Å². The molecule has 2 rings (SSSR count). The van der Waals surface area contributed by atoms with Crippen molar-refractivity contribution in [3.63, 3.8) is 0 Å². The highest BCUT2D eigenvalue weighted by molar-refractivity contribution is 6.78. The SMILES string of the molecule is Cc1cccc(B(O)c2ccc(Cl)c(C)c2)c1. The van der Waals surface area contributed by atoms with Crippen molar-refractivity contribution in [2.75, 3.05) is 0 Å². The maximum atomic E-state index is 10.3. The van der Waals surface area contributed by atoms with E-state index in [1.807, 2.05) is 56.3 Å². The fourth-order valence-corrected chi connectivity index (χ4v) is 1.99. The van der Waals surface area contributed by atoms with E-state index in [1.54, 1.807) is 0 Å². The highest BCUT2D eigenvalue weighted by Crippen LogP contribution is 2.12. The van der Waals surface area contributed by atoms with Gasteiger partial charge in [-0.15, -0.1) is 0 Å². The number of aryl methyl sites for hydroxylation is 2. The summed E-state index contributed by atoms with van der Waals surface area (Å²) in [6, 6.07) is 13.5. The van der Waals surface area contributed by atoms with Crippen LogP contribution in [0.1, 0.15) is 11.1 Å². The van der Waals surface area contributed by atoms with Gasteiger partial charge in [-0.3, -0.25) is 0 Å². The minimum atomic E-state index is -0.592. The molecule has 3 heteroatoms. The van der Waals surface area contributed by atoms with E-state index in [0.29, 0.717) is 0 Å². The van der Waals surface area contributed by atoms with Crippen molar-refractivity contribution in [2.45, 2.75) is 13.8 Å². The standard InChI is InChI=1S/C14H14BClO/c1-10-4-3-5-12(8-10)15(17)13-6-7-14(16)11(2)9-13/h3-9,17H,1-2H3. The zero-order chi connectivity index (χ0) is 12.4. The van der Waals surface area contributed by atoms with Crippen molar-refractivity contribution in [1.82, 2.24) is 0 Å². The molecular weight excluding hydrogens is 230 g/mol. The van der Waals surface area contributed by atoms with Gasteiger partial charge in [-0.25, -0.2) is 0 Å². The molecule has 1 nitrogen and oxygen atoms in total. The molecule has 0 aliphatic heterocycles. The van der Waals surface area contributed by atoms with Crippen molar-refractivity contribution in [1.29, 1.82) is 0 Å². The van der Waals surface area contributed by atoms with Gasteiger partial charge < -0.3 is 5.02 Å². The summed E-state index contributed by atoms with van der Waals surface area (Å²) in [6.07, 6.45) is 0. The first-order chi connectivity index (χ1) is 8.08. The first-order valence-electron chi connectivity index (χ1n) is 5.58. The normalized spacial score (nSPS) is 10.4. The molecule has 0 radical (unpaired) electrons. The van der Waals surface area contributed by atoms with Gasteiger partial charge in [0, 0.05) is 5.02 Å². The molecule has 2 aromatic carbocycles. The molecule has 0 aliphatic carbocycles. The zero-order valence-electron chi connectivity index (χ0n) is 9.94. The highest BCUT2D eigenvalue weighted by atomic mass is 35.5. The van der Waals surface area contributed by atoms with E-state index in [4.69, 9.17) is 11.6 Å². The quantitative estimate of drug-likeness (QED) is 0.802. The lowest BCUT2D eigenvalue weighted by molar-refractivity contribution is 0.600. The first-order valence-corrected chi connectivity index (χ1v) is 5.96. The minimum Gasteiger partial charge on any atom is -0.443 e.